The third kappa shape index (κ3) is 1.77. The van der Waals surface area contributed by atoms with Crippen molar-refractivity contribution < 1.29 is 8.81 Å². The zero-order valence-corrected chi connectivity index (χ0v) is 7.79. The molecule has 3 heteroatoms. The number of para-hydroxylation sites is 1. The van der Waals surface area contributed by atoms with Gasteiger partial charge in [0.2, 0.25) is 0 Å². The largest absolute Gasteiger partial charge is 0.464 e. The molecule has 14 heavy (non-hydrogen) atoms. The molecule has 1 aromatic heterocycles. The molecule has 0 amide bonds. The van der Waals surface area contributed by atoms with Crippen LogP contribution in [0.15, 0.2) is 34.9 Å². The van der Waals surface area contributed by atoms with Crippen LogP contribution in [0.3, 0.4) is 0 Å². The van der Waals surface area contributed by atoms with E-state index in [1.165, 1.54) is 0 Å². The van der Waals surface area contributed by atoms with Gasteiger partial charge in [0.1, 0.15) is 12.4 Å². The molecule has 0 spiro atoms. The van der Waals surface area contributed by atoms with Crippen molar-refractivity contribution in [3.05, 3.63) is 36.1 Å². The lowest BCUT2D eigenvalue weighted by Gasteiger charge is -1.97. The third-order valence-electron chi connectivity index (χ3n) is 2.23. The lowest BCUT2D eigenvalue weighted by molar-refractivity contribution is 0.428. The van der Waals surface area contributed by atoms with Gasteiger partial charge in [0.25, 0.3) is 0 Å². The van der Waals surface area contributed by atoms with Crippen molar-refractivity contribution in [2.45, 2.75) is 6.42 Å². The second kappa shape index (κ2) is 4.24. The summed E-state index contributed by atoms with van der Waals surface area (Å²) in [7, 11) is 0. The summed E-state index contributed by atoms with van der Waals surface area (Å²) in [5.41, 5.74) is 2.02. The molecule has 0 unspecified atom stereocenters. The van der Waals surface area contributed by atoms with Gasteiger partial charge in [-0.15, -0.1) is 0 Å². The van der Waals surface area contributed by atoms with Crippen LogP contribution in [0.4, 0.5) is 4.39 Å². The molecule has 0 saturated carbocycles. The van der Waals surface area contributed by atoms with Crippen molar-refractivity contribution in [1.82, 2.24) is 5.32 Å². The second-order valence-corrected chi connectivity index (χ2v) is 3.14. The van der Waals surface area contributed by atoms with E-state index < -0.39 is 6.80 Å². The SMILES string of the molecule is FCNCCc1coc2ccccc12. The number of alkyl halides is 1. The number of halogens is 1. The highest BCUT2D eigenvalue weighted by Gasteiger charge is 2.03. The molecular weight excluding hydrogens is 181 g/mol. The topological polar surface area (TPSA) is 25.2 Å². The monoisotopic (exact) mass is 193 g/mol. The Morgan fingerprint density at radius 1 is 1.29 bits per heavy atom. The number of hydrogen-bond donors (Lipinski definition) is 1. The van der Waals surface area contributed by atoms with Crippen LogP contribution in [0.5, 0.6) is 0 Å². The van der Waals surface area contributed by atoms with Crippen molar-refractivity contribution in [2.75, 3.05) is 13.3 Å². The van der Waals surface area contributed by atoms with Gasteiger partial charge in [-0.1, -0.05) is 18.2 Å². The standard InChI is InChI=1S/C11H12FNO/c12-8-13-6-5-9-7-14-11-4-2-1-3-10(9)11/h1-4,7,13H,5-6,8H2. The number of hydrogen-bond acceptors (Lipinski definition) is 2. The smallest absolute Gasteiger partial charge is 0.140 e. The van der Waals surface area contributed by atoms with E-state index in [0.29, 0.717) is 6.54 Å². The van der Waals surface area contributed by atoms with Crippen molar-refractivity contribution in [3.63, 3.8) is 0 Å². The summed E-state index contributed by atoms with van der Waals surface area (Å²) in [6, 6.07) is 7.87. The molecule has 2 rings (SSSR count). The summed E-state index contributed by atoms with van der Waals surface area (Å²) in [4.78, 5) is 0. The Labute approximate surface area is 81.7 Å². The second-order valence-electron chi connectivity index (χ2n) is 3.14. The van der Waals surface area contributed by atoms with Crippen molar-refractivity contribution in [1.29, 1.82) is 0 Å². The molecule has 0 bridgehead atoms. The first kappa shape index (κ1) is 9.21. The molecule has 74 valence electrons. The van der Waals surface area contributed by atoms with Crippen LogP contribution < -0.4 is 5.32 Å². The molecule has 0 aliphatic rings. The number of furan rings is 1. The van der Waals surface area contributed by atoms with Gasteiger partial charge in [0.05, 0.1) is 6.26 Å². The van der Waals surface area contributed by atoms with E-state index >= 15 is 0 Å². The third-order valence-corrected chi connectivity index (χ3v) is 2.23. The van der Waals surface area contributed by atoms with Gasteiger partial charge < -0.3 is 4.42 Å². The molecule has 0 aliphatic heterocycles. The van der Waals surface area contributed by atoms with E-state index in [2.05, 4.69) is 5.32 Å². The minimum Gasteiger partial charge on any atom is -0.464 e. The first-order chi connectivity index (χ1) is 6.92. The Morgan fingerprint density at radius 3 is 3.00 bits per heavy atom. The Kier molecular flexibility index (Phi) is 2.79. The molecule has 2 aromatic rings. The van der Waals surface area contributed by atoms with Crippen LogP contribution in [0.25, 0.3) is 11.0 Å². The average Bonchev–Trinajstić information content (AvgIpc) is 2.63. The van der Waals surface area contributed by atoms with Gasteiger partial charge in [0, 0.05) is 11.9 Å². The van der Waals surface area contributed by atoms with Crippen LogP contribution in [0.1, 0.15) is 5.56 Å². The van der Waals surface area contributed by atoms with Crippen LogP contribution in [-0.2, 0) is 6.42 Å². The van der Waals surface area contributed by atoms with Crippen LogP contribution in [0, 0.1) is 0 Å². The lowest BCUT2D eigenvalue weighted by Crippen LogP contribution is -2.14. The molecule has 1 heterocycles. The van der Waals surface area contributed by atoms with Crippen LogP contribution in [-0.4, -0.2) is 13.3 Å². The Hall–Kier alpha value is -1.35. The zero-order chi connectivity index (χ0) is 9.80. The first-order valence-electron chi connectivity index (χ1n) is 4.63. The van der Waals surface area contributed by atoms with Gasteiger partial charge in [-0.25, -0.2) is 4.39 Å². The Balaban J connectivity index is 2.17. The highest BCUT2D eigenvalue weighted by molar-refractivity contribution is 5.80. The fraction of sp³-hybridized carbons (Fsp3) is 0.273. The highest BCUT2D eigenvalue weighted by Crippen LogP contribution is 2.20. The minimum absolute atomic E-state index is 0.476. The fourth-order valence-electron chi connectivity index (χ4n) is 1.52. The highest BCUT2D eigenvalue weighted by atomic mass is 19.1. The fourth-order valence-corrected chi connectivity index (χ4v) is 1.52. The first-order valence-corrected chi connectivity index (χ1v) is 4.63. The number of rotatable bonds is 4. The number of benzene rings is 1. The van der Waals surface area contributed by atoms with E-state index in [1.807, 2.05) is 24.3 Å². The summed E-state index contributed by atoms with van der Waals surface area (Å²) in [5, 5.41) is 3.76. The van der Waals surface area contributed by atoms with E-state index in [-0.39, 0.29) is 0 Å². The average molecular weight is 193 g/mol. The predicted molar refractivity (Wildman–Crippen MR) is 53.9 cm³/mol. The summed E-state index contributed by atoms with van der Waals surface area (Å²) in [6.45, 7) is 0.163. The molecule has 1 aromatic carbocycles. The molecule has 1 N–H and O–H groups in total. The molecule has 0 aliphatic carbocycles. The van der Waals surface area contributed by atoms with Gasteiger partial charge in [-0.05, 0) is 18.1 Å². The maximum absolute atomic E-state index is 11.8. The van der Waals surface area contributed by atoms with E-state index in [0.717, 1.165) is 23.0 Å². The lowest BCUT2D eigenvalue weighted by atomic mass is 10.1. The molecule has 0 radical (unpaired) electrons. The maximum atomic E-state index is 11.8. The zero-order valence-electron chi connectivity index (χ0n) is 7.79. The van der Waals surface area contributed by atoms with Crippen molar-refractivity contribution in [2.24, 2.45) is 0 Å². The van der Waals surface area contributed by atoms with E-state index in [4.69, 9.17) is 4.42 Å². The van der Waals surface area contributed by atoms with E-state index in [1.54, 1.807) is 6.26 Å². The summed E-state index contributed by atoms with van der Waals surface area (Å²) >= 11 is 0. The van der Waals surface area contributed by atoms with Gasteiger partial charge >= 0.3 is 0 Å². The summed E-state index contributed by atoms with van der Waals surface area (Å²) in [6.07, 6.45) is 2.53. The quantitative estimate of drug-likeness (QED) is 0.596. The van der Waals surface area contributed by atoms with Crippen LogP contribution >= 0.6 is 0 Å². The number of nitrogens with one attached hydrogen (secondary N) is 1. The van der Waals surface area contributed by atoms with Gasteiger partial charge in [-0.3, -0.25) is 5.32 Å². The molecule has 0 fully saturated rings. The minimum atomic E-state index is -0.476. The molecule has 2 nitrogen and oxygen atoms in total. The molecule has 0 saturated heterocycles. The Bertz CT molecular complexity index is 410. The summed E-state index contributed by atoms with van der Waals surface area (Å²) < 4.78 is 17.2. The molecular formula is C11H12FNO. The van der Waals surface area contributed by atoms with Crippen molar-refractivity contribution in [3.8, 4) is 0 Å². The van der Waals surface area contributed by atoms with Gasteiger partial charge in [-0.2, -0.15) is 0 Å². The Morgan fingerprint density at radius 2 is 2.14 bits per heavy atom. The predicted octanol–water partition coefficient (Wildman–Crippen LogP) is 2.49. The summed E-state index contributed by atoms with van der Waals surface area (Å²) in [5.74, 6) is 0. The van der Waals surface area contributed by atoms with E-state index in [9.17, 15) is 4.39 Å². The maximum Gasteiger partial charge on any atom is 0.140 e. The normalized spacial score (nSPS) is 10.9. The van der Waals surface area contributed by atoms with Crippen LogP contribution in [0.2, 0.25) is 0 Å². The number of fused-ring (bicyclic) bond motifs is 1. The van der Waals surface area contributed by atoms with Gasteiger partial charge in [0.15, 0.2) is 0 Å². The van der Waals surface area contributed by atoms with Crippen molar-refractivity contribution >= 4 is 11.0 Å². The molecule has 0 atom stereocenters.